The Bertz CT molecular complexity index is 2120. The fourth-order valence-corrected chi connectivity index (χ4v) is 7.14. The van der Waals surface area contributed by atoms with Crippen molar-refractivity contribution in [2.75, 3.05) is 38.0 Å². The molecule has 0 aromatic heterocycles. The molecule has 0 heterocycles. The molecule has 0 radical (unpaired) electrons. The maximum Gasteiger partial charge on any atom is 1.00 e. The van der Waals surface area contributed by atoms with Crippen LogP contribution in [-0.4, -0.2) is 64.4 Å². The number of allylic oxidation sites excluding steroid dienone is 5. The molecule has 49 heavy (non-hydrogen) atoms. The van der Waals surface area contributed by atoms with Gasteiger partial charge in [-0.1, -0.05) is 66.7 Å². The van der Waals surface area contributed by atoms with Gasteiger partial charge in [-0.2, -0.15) is 0 Å². The fraction of sp³-hybridized carbons (Fsp3) is 0.162. The summed E-state index contributed by atoms with van der Waals surface area (Å²) in [5, 5.41) is -1.64. The first kappa shape index (κ1) is 38.0. The van der Waals surface area contributed by atoms with E-state index in [0.717, 1.165) is 33.7 Å². The van der Waals surface area contributed by atoms with E-state index in [1.165, 1.54) is 23.1 Å². The molecule has 0 N–H and O–H groups in total. The van der Waals surface area contributed by atoms with Crippen molar-refractivity contribution in [3.05, 3.63) is 155 Å². The minimum atomic E-state index is -4.98. The molecular formula is C37H36N3NaO6S2. The van der Waals surface area contributed by atoms with E-state index in [9.17, 15) is 25.9 Å². The van der Waals surface area contributed by atoms with Crippen LogP contribution in [0.2, 0.25) is 0 Å². The van der Waals surface area contributed by atoms with Crippen molar-refractivity contribution in [1.82, 2.24) is 0 Å². The molecule has 0 aliphatic heterocycles. The molecule has 0 amide bonds. The van der Waals surface area contributed by atoms with E-state index in [1.54, 1.807) is 48.5 Å². The van der Waals surface area contributed by atoms with Gasteiger partial charge in [0.25, 0.3) is 0 Å². The number of benzene rings is 4. The van der Waals surface area contributed by atoms with Gasteiger partial charge >= 0.3 is 29.6 Å². The van der Waals surface area contributed by atoms with Gasteiger partial charge in [0.1, 0.15) is 39.7 Å². The van der Waals surface area contributed by atoms with E-state index in [0.29, 0.717) is 11.3 Å². The minimum absolute atomic E-state index is 0. The Labute approximate surface area is 311 Å². The molecule has 248 valence electrons. The Hall–Kier alpha value is -3.81. The van der Waals surface area contributed by atoms with Crippen LogP contribution in [0.1, 0.15) is 27.6 Å². The van der Waals surface area contributed by atoms with Gasteiger partial charge in [-0.25, -0.2) is 21.4 Å². The molecule has 5 rings (SSSR count). The first-order valence-electron chi connectivity index (χ1n) is 15.1. The van der Waals surface area contributed by atoms with Crippen LogP contribution in [0.4, 0.5) is 11.4 Å². The monoisotopic (exact) mass is 705 g/mol. The van der Waals surface area contributed by atoms with Gasteiger partial charge < -0.3 is 18.9 Å². The Balaban J connectivity index is 0.00000541. The number of anilines is 2. The summed E-state index contributed by atoms with van der Waals surface area (Å²) < 4.78 is 76.1. The minimum Gasteiger partial charge on any atom is -0.746 e. The maximum absolute atomic E-state index is 12.9. The zero-order valence-corrected chi connectivity index (χ0v) is 31.6. The van der Waals surface area contributed by atoms with Gasteiger partial charge in [0, 0.05) is 44.2 Å². The van der Waals surface area contributed by atoms with E-state index >= 15 is 0 Å². The van der Waals surface area contributed by atoms with E-state index in [4.69, 9.17) is 0 Å². The molecule has 1 atom stereocenters. The molecule has 0 fully saturated rings. The standard InChI is InChI=1S/C37H37N3O6S2.Na/c1-38(2)32-19-13-28(14-20-32)36(29-15-21-33(22-16-29)39(3)4)30-17-23-34(24-18-30)40(26-27-9-8-12-35(25-27)47(41,42)43)37(48(44,45)46)31-10-6-5-7-11-31;/h5-25,37H,26H2,1-4H3,(H-,41,42,43,44,45,46);/q;+1/p-1. The van der Waals surface area contributed by atoms with Crippen LogP contribution in [0, 0.1) is 0 Å². The third kappa shape index (κ3) is 9.25. The molecule has 4 aromatic carbocycles. The fourth-order valence-electron chi connectivity index (χ4n) is 5.60. The summed E-state index contributed by atoms with van der Waals surface area (Å²) in [6.45, 7) is -0.168. The van der Waals surface area contributed by atoms with Crippen LogP contribution < -0.4 is 39.4 Å². The largest absolute Gasteiger partial charge is 1.00 e. The molecular weight excluding hydrogens is 670 g/mol. The second-order valence-electron chi connectivity index (χ2n) is 11.8. The quantitative estimate of drug-likeness (QED) is 0.140. The molecule has 1 aliphatic carbocycles. The molecule has 9 nitrogen and oxygen atoms in total. The summed E-state index contributed by atoms with van der Waals surface area (Å²) in [7, 11) is -1.83. The van der Waals surface area contributed by atoms with E-state index in [2.05, 4.69) is 24.3 Å². The van der Waals surface area contributed by atoms with Crippen LogP contribution in [0.25, 0.3) is 5.57 Å². The summed E-state index contributed by atoms with van der Waals surface area (Å²) in [5.41, 5.74) is 6.85. The number of hydrogen-bond acceptors (Lipinski definition) is 8. The third-order valence-electron chi connectivity index (χ3n) is 8.01. The summed E-state index contributed by atoms with van der Waals surface area (Å²) in [5.74, 6) is 0. The van der Waals surface area contributed by atoms with Gasteiger partial charge in [-0.05, 0) is 82.0 Å². The third-order valence-corrected chi connectivity index (χ3v) is 9.92. The maximum atomic E-state index is 12.9. The van der Waals surface area contributed by atoms with Crippen molar-refractivity contribution in [3.8, 4) is 0 Å². The van der Waals surface area contributed by atoms with E-state index < -0.39 is 30.5 Å². The summed E-state index contributed by atoms with van der Waals surface area (Å²) in [4.78, 5) is 2.99. The smallest absolute Gasteiger partial charge is 0.746 e. The topological polar surface area (TPSA) is 124 Å². The van der Waals surface area contributed by atoms with Crippen LogP contribution in [0.5, 0.6) is 0 Å². The average Bonchev–Trinajstić information content (AvgIpc) is 3.05. The first-order chi connectivity index (χ1) is 22.7. The van der Waals surface area contributed by atoms with Crippen molar-refractivity contribution in [2.24, 2.45) is 0 Å². The summed E-state index contributed by atoms with van der Waals surface area (Å²) in [6.07, 6.45) is 8.19. The van der Waals surface area contributed by atoms with Crippen molar-refractivity contribution in [3.63, 3.8) is 0 Å². The molecule has 1 unspecified atom stereocenters. The molecule has 12 heteroatoms. The van der Waals surface area contributed by atoms with Crippen molar-refractivity contribution in [2.45, 2.75) is 16.8 Å². The van der Waals surface area contributed by atoms with Gasteiger partial charge in [0.05, 0.1) is 4.90 Å². The summed E-state index contributed by atoms with van der Waals surface area (Å²) >= 11 is 0. The van der Waals surface area contributed by atoms with Crippen molar-refractivity contribution >= 4 is 42.9 Å². The van der Waals surface area contributed by atoms with Crippen LogP contribution in [0.15, 0.2) is 138 Å². The molecule has 1 aliphatic rings. The molecule has 0 saturated heterocycles. The van der Waals surface area contributed by atoms with Crippen LogP contribution in [0.3, 0.4) is 0 Å². The van der Waals surface area contributed by atoms with E-state index in [-0.39, 0.29) is 41.7 Å². The van der Waals surface area contributed by atoms with E-state index in [1.807, 2.05) is 74.1 Å². The predicted molar refractivity (Wildman–Crippen MR) is 188 cm³/mol. The van der Waals surface area contributed by atoms with Gasteiger partial charge in [-0.3, -0.25) is 0 Å². The molecule has 0 bridgehead atoms. The normalized spacial score (nSPS) is 13.4. The van der Waals surface area contributed by atoms with Crippen molar-refractivity contribution in [1.29, 1.82) is 0 Å². The Morgan fingerprint density at radius 1 is 0.714 bits per heavy atom. The molecule has 0 spiro atoms. The van der Waals surface area contributed by atoms with Crippen LogP contribution >= 0.6 is 0 Å². The second-order valence-corrected chi connectivity index (χ2v) is 14.6. The Morgan fingerprint density at radius 3 is 1.76 bits per heavy atom. The van der Waals surface area contributed by atoms with Gasteiger partial charge in [-0.15, -0.1) is 0 Å². The molecule has 4 aromatic rings. The van der Waals surface area contributed by atoms with Crippen molar-refractivity contribution < 1.29 is 60.1 Å². The van der Waals surface area contributed by atoms with Crippen LogP contribution in [-0.2, 0) is 26.8 Å². The Morgan fingerprint density at radius 2 is 1.27 bits per heavy atom. The first-order valence-corrected chi connectivity index (χ1v) is 17.9. The number of nitrogens with zero attached hydrogens (tertiary/aromatic N) is 3. The summed E-state index contributed by atoms with van der Waals surface area (Å²) in [6, 6.07) is 28.9. The zero-order valence-electron chi connectivity index (χ0n) is 28.0. The second kappa shape index (κ2) is 15.8. The number of rotatable bonds is 10. The van der Waals surface area contributed by atoms with Gasteiger partial charge in [0.15, 0.2) is 5.71 Å². The number of hydrogen-bond donors (Lipinski definition) is 0. The SMILES string of the molecule is CN(C)c1ccc(C(=C2C=CC(=[N+](C)C)C=C2)c2ccc(N(Cc3cccc(S(=O)(=O)[O-])c3)C(c3ccccc3)S(=O)(=O)[O-])cc2)cc1.[Na+]. The predicted octanol–water partition coefficient (Wildman–Crippen LogP) is 2.55. The molecule has 0 saturated carbocycles. The van der Waals surface area contributed by atoms with Gasteiger partial charge in [0.2, 0.25) is 0 Å². The Kier molecular flexibility index (Phi) is 12.3. The average molecular weight is 706 g/mol. The zero-order chi connectivity index (χ0) is 34.6.